The Balaban J connectivity index is 1.34. The summed E-state index contributed by atoms with van der Waals surface area (Å²) in [6.45, 7) is 3.82. The summed E-state index contributed by atoms with van der Waals surface area (Å²) >= 11 is 0. The number of amides is 1. The Kier molecular flexibility index (Phi) is 6.14. The van der Waals surface area contributed by atoms with Crippen molar-refractivity contribution >= 4 is 6.09 Å². The second kappa shape index (κ2) is 9.14. The Morgan fingerprint density at radius 3 is 2.71 bits per heavy atom. The molecule has 12 heteroatoms. The smallest absolute Gasteiger partial charge is 0.409 e. The summed E-state index contributed by atoms with van der Waals surface area (Å²) in [7, 11) is 0. The molecule has 3 aromatic heterocycles. The monoisotopic (exact) mass is 433 g/mol. The van der Waals surface area contributed by atoms with Crippen LogP contribution in [0.1, 0.15) is 49.4 Å². The molecule has 0 spiro atoms. The molecule has 0 atom stereocenters. The molecule has 1 fully saturated rings. The van der Waals surface area contributed by atoms with Crippen molar-refractivity contribution in [2.45, 2.75) is 38.7 Å². The van der Waals surface area contributed by atoms with Crippen LogP contribution in [0.5, 0.6) is 0 Å². The number of hydrogen-bond acceptors (Lipinski definition) is 8. The van der Waals surface area contributed by atoms with Gasteiger partial charge in [-0.3, -0.25) is 4.98 Å². The van der Waals surface area contributed by atoms with Gasteiger partial charge in [-0.15, -0.1) is 15.3 Å². The lowest BCUT2D eigenvalue weighted by atomic mass is 9.94. The minimum Gasteiger partial charge on any atom is -0.450 e. The third-order valence-corrected chi connectivity index (χ3v) is 5.02. The number of aromatic nitrogens is 6. The van der Waals surface area contributed by atoms with Gasteiger partial charge in [0.2, 0.25) is 5.89 Å². The first kappa shape index (κ1) is 20.8. The molecule has 0 radical (unpaired) electrons. The lowest BCUT2D eigenvalue weighted by Gasteiger charge is -2.30. The van der Waals surface area contributed by atoms with E-state index < -0.39 is 12.3 Å². The zero-order valence-electron chi connectivity index (χ0n) is 16.8. The molecule has 0 unspecified atom stereocenters. The van der Waals surface area contributed by atoms with Crippen molar-refractivity contribution in [3.63, 3.8) is 0 Å². The van der Waals surface area contributed by atoms with Gasteiger partial charge >= 0.3 is 12.5 Å². The predicted molar refractivity (Wildman–Crippen MR) is 102 cm³/mol. The number of carbonyl (C=O) groups excluding carboxylic acids is 1. The van der Waals surface area contributed by atoms with Gasteiger partial charge < -0.3 is 14.1 Å². The average Bonchev–Trinajstić information content (AvgIpc) is 3.45. The lowest BCUT2D eigenvalue weighted by Crippen LogP contribution is -2.38. The van der Waals surface area contributed by atoms with Gasteiger partial charge in [-0.05, 0) is 31.9 Å². The van der Waals surface area contributed by atoms with Crippen molar-refractivity contribution in [3.8, 4) is 11.5 Å². The number of hydrogen-bond donors (Lipinski definition) is 0. The first-order valence-corrected chi connectivity index (χ1v) is 9.92. The summed E-state index contributed by atoms with van der Waals surface area (Å²) in [5, 5.41) is 15.4. The Hall–Kier alpha value is -3.44. The average molecular weight is 433 g/mol. The van der Waals surface area contributed by atoms with Crippen LogP contribution in [0.2, 0.25) is 0 Å². The van der Waals surface area contributed by atoms with Crippen LogP contribution in [0, 0.1) is 0 Å². The topological polar surface area (TPSA) is 112 Å². The van der Waals surface area contributed by atoms with Gasteiger partial charge in [0.05, 0.1) is 30.1 Å². The normalized spacial score (nSPS) is 14.9. The summed E-state index contributed by atoms with van der Waals surface area (Å²) in [6.07, 6.45) is 1.89. The maximum Gasteiger partial charge on any atom is 0.409 e. The highest BCUT2D eigenvalue weighted by atomic mass is 19.3. The largest absolute Gasteiger partial charge is 0.450 e. The lowest BCUT2D eigenvalue weighted by molar-refractivity contribution is 0.0968. The van der Waals surface area contributed by atoms with Crippen molar-refractivity contribution in [3.05, 3.63) is 41.8 Å². The zero-order chi connectivity index (χ0) is 21.8. The van der Waals surface area contributed by atoms with Gasteiger partial charge in [-0.25, -0.2) is 9.48 Å². The summed E-state index contributed by atoms with van der Waals surface area (Å²) < 4.78 is 36.8. The standard InChI is InChI=1S/C19H21F2N7O3/c1-2-30-19(29)27-7-5-12(6-8-27)15-11-28(26-23-15)10-14-4-3-13(9-22-14)17-24-25-18(31-17)16(20)21/h3-4,9,11-12,16H,2,5-8,10H2,1H3. The molecule has 164 valence electrons. The fourth-order valence-electron chi connectivity index (χ4n) is 3.40. The highest BCUT2D eigenvalue weighted by Gasteiger charge is 2.26. The van der Waals surface area contributed by atoms with E-state index in [2.05, 4.69) is 25.5 Å². The fraction of sp³-hybridized carbons (Fsp3) is 0.474. The number of alkyl halides is 2. The third kappa shape index (κ3) is 4.84. The fourth-order valence-corrected chi connectivity index (χ4v) is 3.40. The van der Waals surface area contributed by atoms with Crippen LogP contribution < -0.4 is 0 Å². The second-order valence-electron chi connectivity index (χ2n) is 7.09. The van der Waals surface area contributed by atoms with Gasteiger partial charge in [0.1, 0.15) is 0 Å². The molecule has 0 bridgehead atoms. The van der Waals surface area contributed by atoms with E-state index >= 15 is 0 Å². The van der Waals surface area contributed by atoms with Gasteiger partial charge in [0.25, 0.3) is 5.89 Å². The van der Waals surface area contributed by atoms with Crippen LogP contribution in [0.15, 0.2) is 28.9 Å². The van der Waals surface area contributed by atoms with Gasteiger partial charge in [0.15, 0.2) is 0 Å². The SMILES string of the molecule is CCOC(=O)N1CCC(c2cn(Cc3ccc(-c4nnc(C(F)F)o4)cn3)nn2)CC1. The number of nitrogens with zero attached hydrogens (tertiary/aromatic N) is 7. The first-order chi connectivity index (χ1) is 15.0. The second-order valence-corrected chi connectivity index (χ2v) is 7.09. The maximum absolute atomic E-state index is 12.6. The summed E-state index contributed by atoms with van der Waals surface area (Å²) in [6, 6.07) is 3.41. The van der Waals surface area contributed by atoms with Crippen LogP contribution in [0.3, 0.4) is 0 Å². The molecule has 0 aliphatic carbocycles. The van der Waals surface area contributed by atoms with Crippen LogP contribution in [0.25, 0.3) is 11.5 Å². The van der Waals surface area contributed by atoms with E-state index in [4.69, 9.17) is 9.15 Å². The number of ether oxygens (including phenoxy) is 1. The molecular formula is C19H21F2N7O3. The summed E-state index contributed by atoms with van der Waals surface area (Å²) in [4.78, 5) is 17.8. The van der Waals surface area contributed by atoms with Crippen molar-refractivity contribution in [1.29, 1.82) is 0 Å². The van der Waals surface area contributed by atoms with E-state index in [9.17, 15) is 13.6 Å². The number of piperidine rings is 1. The summed E-state index contributed by atoms with van der Waals surface area (Å²) in [5.74, 6) is -0.495. The summed E-state index contributed by atoms with van der Waals surface area (Å²) in [5.41, 5.74) is 2.05. The third-order valence-electron chi connectivity index (χ3n) is 5.02. The molecule has 0 saturated carbocycles. The zero-order valence-corrected chi connectivity index (χ0v) is 16.8. The van der Waals surface area contributed by atoms with Crippen molar-refractivity contribution in [1.82, 2.24) is 35.1 Å². The number of pyridine rings is 1. The van der Waals surface area contributed by atoms with Crippen molar-refractivity contribution < 1.29 is 22.7 Å². The first-order valence-electron chi connectivity index (χ1n) is 9.92. The Labute approximate surface area is 176 Å². The van der Waals surface area contributed by atoms with Crippen LogP contribution in [-0.2, 0) is 11.3 Å². The maximum atomic E-state index is 12.6. The number of likely N-dealkylation sites (tertiary alicyclic amines) is 1. The van der Waals surface area contributed by atoms with Crippen LogP contribution >= 0.6 is 0 Å². The molecule has 10 nitrogen and oxygen atoms in total. The van der Waals surface area contributed by atoms with E-state index in [1.54, 1.807) is 28.6 Å². The molecular weight excluding hydrogens is 412 g/mol. The van der Waals surface area contributed by atoms with E-state index in [1.165, 1.54) is 6.20 Å². The highest BCUT2D eigenvalue weighted by Crippen LogP contribution is 2.27. The Morgan fingerprint density at radius 1 is 1.26 bits per heavy atom. The minimum absolute atomic E-state index is 0.00782. The van der Waals surface area contributed by atoms with E-state index in [0.717, 1.165) is 18.5 Å². The molecule has 4 heterocycles. The molecule has 0 N–H and O–H groups in total. The molecule has 1 aliphatic rings. The molecule has 31 heavy (non-hydrogen) atoms. The van der Waals surface area contributed by atoms with Crippen molar-refractivity contribution in [2.75, 3.05) is 19.7 Å². The molecule has 0 aromatic carbocycles. The van der Waals surface area contributed by atoms with Crippen LogP contribution in [-0.4, -0.2) is 60.9 Å². The molecule has 1 saturated heterocycles. The van der Waals surface area contributed by atoms with Gasteiger partial charge in [0, 0.05) is 31.4 Å². The van der Waals surface area contributed by atoms with Gasteiger partial charge in [-0.2, -0.15) is 8.78 Å². The van der Waals surface area contributed by atoms with Gasteiger partial charge in [-0.1, -0.05) is 5.21 Å². The van der Waals surface area contributed by atoms with E-state index in [-0.39, 0.29) is 17.9 Å². The molecule has 4 rings (SSSR count). The highest BCUT2D eigenvalue weighted by molar-refractivity contribution is 5.67. The Morgan fingerprint density at radius 2 is 2.06 bits per heavy atom. The molecule has 1 amide bonds. The predicted octanol–water partition coefficient (Wildman–Crippen LogP) is 3.04. The number of halogens is 2. The molecule has 1 aliphatic heterocycles. The Bertz CT molecular complexity index is 1010. The minimum atomic E-state index is -2.81. The van der Waals surface area contributed by atoms with Crippen LogP contribution in [0.4, 0.5) is 13.6 Å². The van der Waals surface area contributed by atoms with E-state index in [1.807, 2.05) is 6.20 Å². The van der Waals surface area contributed by atoms with Crippen molar-refractivity contribution in [2.24, 2.45) is 0 Å². The quantitative estimate of drug-likeness (QED) is 0.583. The molecule has 3 aromatic rings. The van der Waals surface area contributed by atoms with E-state index in [0.29, 0.717) is 37.5 Å². The number of rotatable bonds is 6. The number of carbonyl (C=O) groups is 1.